The van der Waals surface area contributed by atoms with Gasteiger partial charge in [0, 0.05) is 24.1 Å². The first-order valence-corrected chi connectivity index (χ1v) is 12.1. The minimum Gasteiger partial charge on any atom is -0.488 e. The van der Waals surface area contributed by atoms with E-state index in [2.05, 4.69) is 26.0 Å². The molecule has 0 aromatic heterocycles. The summed E-state index contributed by atoms with van der Waals surface area (Å²) in [5.41, 5.74) is 15.9. The summed E-state index contributed by atoms with van der Waals surface area (Å²) in [4.78, 5) is 12.2. The quantitative estimate of drug-likeness (QED) is 0.436. The van der Waals surface area contributed by atoms with Crippen molar-refractivity contribution in [3.05, 3.63) is 64.2 Å². The van der Waals surface area contributed by atoms with Crippen LogP contribution in [-0.4, -0.2) is 30.4 Å². The van der Waals surface area contributed by atoms with Gasteiger partial charge in [0.2, 0.25) is 0 Å². The van der Waals surface area contributed by atoms with Crippen molar-refractivity contribution in [2.75, 3.05) is 7.11 Å². The largest absolute Gasteiger partial charge is 0.488 e. The van der Waals surface area contributed by atoms with Gasteiger partial charge in [-0.05, 0) is 60.1 Å². The summed E-state index contributed by atoms with van der Waals surface area (Å²) in [7, 11) is 1.37. The van der Waals surface area contributed by atoms with Crippen LogP contribution in [0, 0.1) is 5.41 Å². The highest BCUT2D eigenvalue weighted by atomic mass is 16.5. The third-order valence-electron chi connectivity index (χ3n) is 6.97. The molecule has 0 amide bonds. The number of aliphatic hydroxyl groups is 1. The number of methoxy groups -OCH3 is 1. The molecule has 6 heteroatoms. The third-order valence-corrected chi connectivity index (χ3v) is 6.97. The van der Waals surface area contributed by atoms with Crippen LogP contribution in [0.25, 0.3) is 0 Å². The number of ether oxygens (including phenoxy) is 2. The van der Waals surface area contributed by atoms with Gasteiger partial charge in [-0.1, -0.05) is 52.8 Å². The van der Waals surface area contributed by atoms with Gasteiger partial charge >= 0.3 is 5.97 Å². The van der Waals surface area contributed by atoms with E-state index < -0.39 is 6.10 Å². The first-order chi connectivity index (χ1) is 16.0. The minimum absolute atomic E-state index is 0.247. The summed E-state index contributed by atoms with van der Waals surface area (Å²) in [6.07, 6.45) is 0.713. The number of hydrogen-bond acceptors (Lipinski definition) is 6. The summed E-state index contributed by atoms with van der Waals surface area (Å²) < 4.78 is 11.1. The van der Waals surface area contributed by atoms with Gasteiger partial charge in [-0.25, -0.2) is 4.79 Å². The first-order valence-electron chi connectivity index (χ1n) is 12.1. The Morgan fingerprint density at radius 1 is 0.971 bits per heavy atom. The average Bonchev–Trinajstić information content (AvgIpc) is 2.83. The van der Waals surface area contributed by atoms with Crippen molar-refractivity contribution >= 4 is 5.97 Å². The fourth-order valence-corrected chi connectivity index (χ4v) is 4.72. The lowest BCUT2D eigenvalue weighted by atomic mass is 9.69. The highest BCUT2D eigenvalue weighted by Crippen LogP contribution is 2.41. The summed E-state index contributed by atoms with van der Waals surface area (Å²) >= 11 is 0. The molecule has 2 aromatic carbocycles. The molecule has 0 spiro atoms. The van der Waals surface area contributed by atoms with Gasteiger partial charge in [0.1, 0.15) is 11.9 Å². The van der Waals surface area contributed by atoms with Crippen molar-refractivity contribution in [1.82, 2.24) is 0 Å². The second-order valence-electron chi connectivity index (χ2n) is 10.0. The van der Waals surface area contributed by atoms with Crippen LogP contribution in [0.1, 0.15) is 87.0 Å². The predicted molar refractivity (Wildman–Crippen MR) is 137 cm³/mol. The van der Waals surface area contributed by atoms with E-state index in [0.29, 0.717) is 17.9 Å². The van der Waals surface area contributed by atoms with Crippen LogP contribution in [0.4, 0.5) is 0 Å². The molecule has 188 valence electrons. The van der Waals surface area contributed by atoms with Crippen LogP contribution in [0.15, 0.2) is 36.4 Å². The van der Waals surface area contributed by atoms with Crippen LogP contribution in [0.2, 0.25) is 0 Å². The molecule has 0 heterocycles. The number of carbonyl (C=O) groups excluding carboxylic acids is 1. The molecule has 0 bridgehead atoms. The maximum Gasteiger partial charge on any atom is 0.338 e. The molecular formula is C28H42N2O4. The highest BCUT2D eigenvalue weighted by molar-refractivity contribution is 5.91. The van der Waals surface area contributed by atoms with E-state index in [4.69, 9.17) is 20.9 Å². The van der Waals surface area contributed by atoms with E-state index in [9.17, 15) is 9.90 Å². The molecule has 0 saturated heterocycles. The average molecular weight is 471 g/mol. The zero-order valence-electron chi connectivity index (χ0n) is 21.8. The molecule has 0 saturated carbocycles. The number of nitrogens with two attached hydrogens (primary N) is 2. The van der Waals surface area contributed by atoms with E-state index in [1.54, 1.807) is 6.07 Å². The Balaban J connectivity index is 2.53. The fourth-order valence-electron chi connectivity index (χ4n) is 4.72. The van der Waals surface area contributed by atoms with Gasteiger partial charge in [0.15, 0.2) is 0 Å². The Labute approximate surface area is 204 Å². The van der Waals surface area contributed by atoms with Crippen molar-refractivity contribution in [3.8, 4) is 5.75 Å². The van der Waals surface area contributed by atoms with Crippen LogP contribution < -0.4 is 16.2 Å². The SMILES string of the molecule is CCC(CC)(c1ccc(OC(C)C(O)C(C)(C)C)c(CN)c1)c1ccc(C(=O)OC)c(CN)c1. The number of esters is 1. The molecule has 5 N–H and O–H groups in total. The molecule has 2 atom stereocenters. The molecule has 2 unspecified atom stereocenters. The number of hydrogen-bond donors (Lipinski definition) is 3. The van der Waals surface area contributed by atoms with E-state index in [0.717, 1.165) is 35.1 Å². The van der Waals surface area contributed by atoms with Crippen molar-refractivity contribution < 1.29 is 19.4 Å². The topological polar surface area (TPSA) is 108 Å². The number of benzene rings is 2. The Morgan fingerprint density at radius 2 is 1.50 bits per heavy atom. The molecular weight excluding hydrogens is 428 g/mol. The Hall–Kier alpha value is -2.41. The Bertz CT molecular complexity index is 977. The standard InChI is InChI=1S/C28H42N2O4/c1-8-28(9-2,21-10-12-23(26(32)33-7)19(14-21)16-29)22-11-13-24(20(15-22)17-30)34-18(3)25(31)27(4,5)6/h10-15,18,25,31H,8-9,16-17,29-30H2,1-7H3. The zero-order valence-corrected chi connectivity index (χ0v) is 21.8. The second-order valence-corrected chi connectivity index (χ2v) is 10.0. The molecule has 2 rings (SSSR count). The molecule has 34 heavy (non-hydrogen) atoms. The van der Waals surface area contributed by atoms with Gasteiger partial charge in [-0.3, -0.25) is 0 Å². The van der Waals surface area contributed by atoms with Crippen LogP contribution in [-0.2, 0) is 23.2 Å². The highest BCUT2D eigenvalue weighted by Gasteiger charge is 2.33. The second kappa shape index (κ2) is 11.3. The predicted octanol–water partition coefficient (Wildman–Crippen LogP) is 4.67. The maximum atomic E-state index is 12.2. The smallest absolute Gasteiger partial charge is 0.338 e. The summed E-state index contributed by atoms with van der Waals surface area (Å²) in [5, 5.41) is 10.6. The Kier molecular flexibility index (Phi) is 9.29. The van der Waals surface area contributed by atoms with E-state index in [-0.39, 0.29) is 29.4 Å². The molecule has 0 aliphatic heterocycles. The third kappa shape index (κ3) is 5.62. The lowest BCUT2D eigenvalue weighted by Crippen LogP contribution is -2.39. The van der Waals surface area contributed by atoms with Crippen LogP contribution in [0.5, 0.6) is 5.75 Å². The fraction of sp³-hybridized carbons (Fsp3) is 0.536. The van der Waals surface area contributed by atoms with Crippen LogP contribution >= 0.6 is 0 Å². The van der Waals surface area contributed by atoms with Crippen molar-refractivity contribution in [2.45, 2.75) is 85.1 Å². The minimum atomic E-state index is -0.619. The molecule has 6 nitrogen and oxygen atoms in total. The van der Waals surface area contributed by atoms with Crippen molar-refractivity contribution in [1.29, 1.82) is 0 Å². The van der Waals surface area contributed by atoms with Gasteiger partial charge in [-0.15, -0.1) is 0 Å². The molecule has 0 aliphatic carbocycles. The lowest BCUT2D eigenvalue weighted by molar-refractivity contribution is -0.0235. The summed E-state index contributed by atoms with van der Waals surface area (Å²) in [6, 6.07) is 12.0. The monoisotopic (exact) mass is 470 g/mol. The van der Waals surface area contributed by atoms with E-state index in [1.807, 2.05) is 45.9 Å². The van der Waals surface area contributed by atoms with Crippen LogP contribution in [0.3, 0.4) is 0 Å². The van der Waals surface area contributed by atoms with Gasteiger partial charge < -0.3 is 26.0 Å². The lowest BCUT2D eigenvalue weighted by Gasteiger charge is -2.35. The van der Waals surface area contributed by atoms with E-state index >= 15 is 0 Å². The Morgan fingerprint density at radius 3 is 1.97 bits per heavy atom. The van der Waals surface area contributed by atoms with Gasteiger partial charge in [0.05, 0.1) is 18.8 Å². The molecule has 0 fully saturated rings. The number of aliphatic hydroxyl groups excluding tert-OH is 1. The number of carbonyl (C=O) groups is 1. The maximum absolute atomic E-state index is 12.2. The normalized spacial score (nSPS) is 13.9. The van der Waals surface area contributed by atoms with Gasteiger partial charge in [-0.2, -0.15) is 0 Å². The van der Waals surface area contributed by atoms with Crippen molar-refractivity contribution in [3.63, 3.8) is 0 Å². The molecule has 0 radical (unpaired) electrons. The number of rotatable bonds is 10. The van der Waals surface area contributed by atoms with E-state index in [1.165, 1.54) is 7.11 Å². The van der Waals surface area contributed by atoms with Gasteiger partial charge in [0.25, 0.3) is 0 Å². The first kappa shape index (κ1) is 27.8. The zero-order chi connectivity index (χ0) is 25.7. The van der Waals surface area contributed by atoms with Crippen molar-refractivity contribution in [2.24, 2.45) is 16.9 Å². The molecule has 0 aliphatic rings. The molecule has 2 aromatic rings. The summed E-state index contributed by atoms with van der Waals surface area (Å²) in [5.74, 6) is 0.302. The summed E-state index contributed by atoms with van der Waals surface area (Å²) in [6.45, 7) is 12.7.